The maximum absolute atomic E-state index is 11.1. The van der Waals surface area contributed by atoms with E-state index in [1.54, 1.807) is 0 Å². The third-order valence-electron chi connectivity index (χ3n) is 1.26. The van der Waals surface area contributed by atoms with Crippen molar-refractivity contribution in [3.8, 4) is 0 Å². The standard InChI is InChI=1S/C8H12N2O3/c1-5(10-6(2)11)7(12)3-4-8(9)13/h1,3-4H2,2H3,(H2,9,13)(H,10,11). The Morgan fingerprint density at radius 3 is 2.23 bits per heavy atom. The molecule has 0 unspecified atom stereocenters. The molecule has 0 rings (SSSR count). The Hall–Kier alpha value is -1.65. The summed E-state index contributed by atoms with van der Waals surface area (Å²) in [5.41, 5.74) is 4.83. The van der Waals surface area contributed by atoms with E-state index in [2.05, 4.69) is 11.9 Å². The van der Waals surface area contributed by atoms with Crippen LogP contribution in [0.5, 0.6) is 0 Å². The summed E-state index contributed by atoms with van der Waals surface area (Å²) in [4.78, 5) is 31.8. The summed E-state index contributed by atoms with van der Waals surface area (Å²) in [7, 11) is 0. The van der Waals surface area contributed by atoms with E-state index in [0.717, 1.165) is 0 Å². The zero-order valence-electron chi connectivity index (χ0n) is 7.42. The zero-order valence-corrected chi connectivity index (χ0v) is 7.42. The molecule has 0 aliphatic carbocycles. The van der Waals surface area contributed by atoms with Crippen molar-refractivity contribution in [2.75, 3.05) is 0 Å². The van der Waals surface area contributed by atoms with Gasteiger partial charge in [0, 0.05) is 19.8 Å². The van der Waals surface area contributed by atoms with Crippen LogP contribution in [-0.4, -0.2) is 17.6 Å². The molecule has 5 nitrogen and oxygen atoms in total. The SMILES string of the molecule is C=C(NC(C)=O)C(=O)CCC(N)=O. The van der Waals surface area contributed by atoms with Crippen LogP contribution >= 0.6 is 0 Å². The number of hydrogen-bond acceptors (Lipinski definition) is 3. The molecule has 13 heavy (non-hydrogen) atoms. The monoisotopic (exact) mass is 184 g/mol. The zero-order chi connectivity index (χ0) is 10.4. The van der Waals surface area contributed by atoms with Crippen molar-refractivity contribution >= 4 is 17.6 Å². The number of ketones is 1. The number of nitrogens with two attached hydrogens (primary N) is 1. The molecule has 0 aromatic heterocycles. The quantitative estimate of drug-likeness (QED) is 0.563. The molecular weight excluding hydrogens is 172 g/mol. The van der Waals surface area contributed by atoms with Crippen molar-refractivity contribution in [2.45, 2.75) is 19.8 Å². The number of rotatable bonds is 5. The van der Waals surface area contributed by atoms with E-state index >= 15 is 0 Å². The maximum atomic E-state index is 11.1. The second-order valence-electron chi connectivity index (χ2n) is 2.55. The van der Waals surface area contributed by atoms with Crippen LogP contribution in [0.15, 0.2) is 12.3 Å². The summed E-state index contributed by atoms with van der Waals surface area (Å²) in [5, 5.41) is 2.23. The number of nitrogens with one attached hydrogen (secondary N) is 1. The summed E-state index contributed by atoms with van der Waals surface area (Å²) < 4.78 is 0. The number of allylic oxidation sites excluding steroid dienone is 1. The van der Waals surface area contributed by atoms with Gasteiger partial charge in [-0.05, 0) is 0 Å². The van der Waals surface area contributed by atoms with Crippen LogP contribution in [-0.2, 0) is 14.4 Å². The van der Waals surface area contributed by atoms with Crippen molar-refractivity contribution in [3.63, 3.8) is 0 Å². The van der Waals surface area contributed by atoms with Gasteiger partial charge < -0.3 is 11.1 Å². The first-order valence-corrected chi connectivity index (χ1v) is 3.71. The Labute approximate surface area is 76.0 Å². The van der Waals surface area contributed by atoms with Gasteiger partial charge in [-0.25, -0.2) is 0 Å². The smallest absolute Gasteiger partial charge is 0.221 e. The molecule has 0 saturated carbocycles. The van der Waals surface area contributed by atoms with E-state index < -0.39 is 5.91 Å². The third-order valence-corrected chi connectivity index (χ3v) is 1.26. The lowest BCUT2D eigenvalue weighted by Crippen LogP contribution is -2.24. The average Bonchev–Trinajstić information content (AvgIpc) is 1.98. The Kier molecular flexibility index (Phi) is 4.43. The molecule has 0 radical (unpaired) electrons. The summed E-state index contributed by atoms with van der Waals surface area (Å²) in [5.74, 6) is -1.30. The number of carbonyl (C=O) groups is 3. The van der Waals surface area contributed by atoms with Crippen LogP contribution in [0.25, 0.3) is 0 Å². The molecule has 0 aromatic rings. The van der Waals surface area contributed by atoms with Gasteiger partial charge in [0.2, 0.25) is 11.8 Å². The molecule has 0 fully saturated rings. The first-order chi connectivity index (χ1) is 5.93. The van der Waals surface area contributed by atoms with Gasteiger partial charge in [0.05, 0.1) is 5.70 Å². The predicted molar refractivity (Wildman–Crippen MR) is 46.4 cm³/mol. The van der Waals surface area contributed by atoms with E-state index in [-0.39, 0.29) is 30.2 Å². The second-order valence-corrected chi connectivity index (χ2v) is 2.55. The van der Waals surface area contributed by atoms with Crippen molar-refractivity contribution < 1.29 is 14.4 Å². The number of Topliss-reactive ketones (excluding diaryl/α,β-unsaturated/α-hetero) is 1. The molecule has 0 heterocycles. The largest absolute Gasteiger partial charge is 0.370 e. The van der Waals surface area contributed by atoms with Gasteiger partial charge in [-0.2, -0.15) is 0 Å². The van der Waals surface area contributed by atoms with E-state index in [0.29, 0.717) is 0 Å². The Balaban J connectivity index is 3.90. The van der Waals surface area contributed by atoms with Crippen LogP contribution < -0.4 is 11.1 Å². The number of carbonyl (C=O) groups excluding carboxylic acids is 3. The Morgan fingerprint density at radius 2 is 1.85 bits per heavy atom. The second kappa shape index (κ2) is 5.08. The highest BCUT2D eigenvalue weighted by Gasteiger charge is 2.09. The molecule has 0 aliphatic heterocycles. The van der Waals surface area contributed by atoms with E-state index in [1.807, 2.05) is 0 Å². The van der Waals surface area contributed by atoms with E-state index in [9.17, 15) is 14.4 Å². The molecule has 0 aromatic carbocycles. The Bertz CT molecular complexity index is 258. The number of amides is 2. The summed E-state index contributed by atoms with van der Waals surface area (Å²) in [6, 6.07) is 0. The minimum atomic E-state index is -0.552. The summed E-state index contributed by atoms with van der Waals surface area (Å²) in [6.45, 7) is 4.61. The van der Waals surface area contributed by atoms with Crippen LogP contribution in [0, 0.1) is 0 Å². The molecule has 0 atom stereocenters. The highest BCUT2D eigenvalue weighted by Crippen LogP contribution is 1.96. The molecule has 72 valence electrons. The normalized spacial score (nSPS) is 9.00. The molecule has 5 heteroatoms. The van der Waals surface area contributed by atoms with E-state index in [1.165, 1.54) is 6.92 Å². The van der Waals surface area contributed by atoms with Crippen LogP contribution in [0.3, 0.4) is 0 Å². The molecule has 0 aliphatic rings. The van der Waals surface area contributed by atoms with Gasteiger partial charge >= 0.3 is 0 Å². The molecule has 3 N–H and O–H groups in total. The Morgan fingerprint density at radius 1 is 1.31 bits per heavy atom. The van der Waals surface area contributed by atoms with Crippen molar-refractivity contribution in [1.82, 2.24) is 5.32 Å². The highest BCUT2D eigenvalue weighted by atomic mass is 16.2. The number of hydrogen-bond donors (Lipinski definition) is 2. The minimum absolute atomic E-state index is 0.00579. The lowest BCUT2D eigenvalue weighted by atomic mass is 10.2. The van der Waals surface area contributed by atoms with Crippen LogP contribution in [0.1, 0.15) is 19.8 Å². The predicted octanol–water partition coefficient (Wildman–Crippen LogP) is -0.529. The summed E-state index contributed by atoms with van der Waals surface area (Å²) in [6.07, 6.45) is -0.0497. The van der Waals surface area contributed by atoms with E-state index in [4.69, 9.17) is 5.73 Å². The van der Waals surface area contributed by atoms with Crippen molar-refractivity contribution in [2.24, 2.45) is 5.73 Å². The third kappa shape index (κ3) is 5.60. The molecule has 0 spiro atoms. The maximum Gasteiger partial charge on any atom is 0.221 e. The fourth-order valence-corrected chi connectivity index (χ4v) is 0.670. The van der Waals surface area contributed by atoms with Crippen molar-refractivity contribution in [1.29, 1.82) is 0 Å². The molecular formula is C8H12N2O3. The average molecular weight is 184 g/mol. The van der Waals surface area contributed by atoms with Crippen LogP contribution in [0.2, 0.25) is 0 Å². The molecule has 2 amide bonds. The first kappa shape index (κ1) is 11.4. The lowest BCUT2D eigenvalue weighted by molar-refractivity contribution is -0.123. The van der Waals surface area contributed by atoms with Gasteiger partial charge in [-0.3, -0.25) is 14.4 Å². The fraction of sp³-hybridized carbons (Fsp3) is 0.375. The van der Waals surface area contributed by atoms with Gasteiger partial charge in [-0.15, -0.1) is 0 Å². The topological polar surface area (TPSA) is 89.3 Å². The van der Waals surface area contributed by atoms with Crippen LogP contribution in [0.4, 0.5) is 0 Å². The minimum Gasteiger partial charge on any atom is -0.370 e. The van der Waals surface area contributed by atoms with Gasteiger partial charge in [0.15, 0.2) is 5.78 Å². The number of primary amides is 1. The lowest BCUT2D eigenvalue weighted by Gasteiger charge is -2.03. The first-order valence-electron chi connectivity index (χ1n) is 3.71. The fourth-order valence-electron chi connectivity index (χ4n) is 0.670. The molecule has 0 bridgehead atoms. The highest BCUT2D eigenvalue weighted by molar-refractivity contribution is 5.99. The van der Waals surface area contributed by atoms with Gasteiger partial charge in [-0.1, -0.05) is 6.58 Å². The summed E-state index contributed by atoms with van der Waals surface area (Å²) >= 11 is 0. The molecule has 0 saturated heterocycles. The van der Waals surface area contributed by atoms with Crippen molar-refractivity contribution in [3.05, 3.63) is 12.3 Å². The van der Waals surface area contributed by atoms with Gasteiger partial charge in [0.1, 0.15) is 0 Å². The van der Waals surface area contributed by atoms with Gasteiger partial charge in [0.25, 0.3) is 0 Å².